The Morgan fingerprint density at radius 1 is 1.13 bits per heavy atom. The number of anilines is 1. The minimum Gasteiger partial charge on any atom is -0.486 e. The molecular weight excluding hydrogens is 334 g/mol. The predicted molar refractivity (Wildman–Crippen MR) is 93.7 cm³/mol. The molecular formula is C17H16ClNO3S. The van der Waals surface area contributed by atoms with Crippen LogP contribution in [0.4, 0.5) is 5.69 Å². The van der Waals surface area contributed by atoms with Crippen LogP contribution in [0, 0.1) is 0 Å². The summed E-state index contributed by atoms with van der Waals surface area (Å²) in [4.78, 5) is 12.0. The fourth-order valence-corrected chi connectivity index (χ4v) is 3.19. The van der Waals surface area contributed by atoms with Crippen LogP contribution in [0.3, 0.4) is 0 Å². The lowest BCUT2D eigenvalue weighted by Gasteiger charge is -2.19. The van der Waals surface area contributed by atoms with Gasteiger partial charge in [-0.2, -0.15) is 0 Å². The number of thioether (sulfide) groups is 1. The predicted octanol–water partition coefficient (Wildman–Crippen LogP) is 3.98. The largest absolute Gasteiger partial charge is 0.486 e. The van der Waals surface area contributed by atoms with Crippen molar-refractivity contribution in [2.45, 2.75) is 5.75 Å². The molecule has 2 aromatic carbocycles. The third kappa shape index (κ3) is 4.56. The summed E-state index contributed by atoms with van der Waals surface area (Å²) < 4.78 is 11.0. The lowest BCUT2D eigenvalue weighted by atomic mass is 10.2. The molecule has 0 saturated carbocycles. The summed E-state index contributed by atoms with van der Waals surface area (Å²) in [5.41, 5.74) is 1.82. The van der Waals surface area contributed by atoms with E-state index in [0.717, 1.165) is 11.3 Å². The number of ether oxygens (including phenoxy) is 2. The molecule has 0 saturated heterocycles. The average molecular weight is 350 g/mol. The van der Waals surface area contributed by atoms with Gasteiger partial charge in [-0.15, -0.1) is 11.8 Å². The van der Waals surface area contributed by atoms with Gasteiger partial charge >= 0.3 is 0 Å². The molecule has 6 heteroatoms. The van der Waals surface area contributed by atoms with Crippen LogP contribution in [0.25, 0.3) is 0 Å². The molecule has 0 atom stereocenters. The van der Waals surface area contributed by atoms with Crippen LogP contribution in [0.2, 0.25) is 5.02 Å². The monoisotopic (exact) mass is 349 g/mol. The zero-order chi connectivity index (χ0) is 16.1. The van der Waals surface area contributed by atoms with Crippen LogP contribution >= 0.6 is 23.4 Å². The van der Waals surface area contributed by atoms with Crippen LogP contribution < -0.4 is 14.8 Å². The minimum atomic E-state index is -0.0475. The van der Waals surface area contributed by atoms with Crippen molar-refractivity contribution in [1.82, 2.24) is 0 Å². The fraction of sp³-hybridized carbons (Fsp3) is 0.235. The van der Waals surface area contributed by atoms with E-state index in [-0.39, 0.29) is 5.91 Å². The SMILES string of the molecule is O=C(CSCc1cccc(Cl)c1)Nc1ccc2c(c1)OCCO2. The summed E-state index contributed by atoms with van der Waals surface area (Å²) in [7, 11) is 0. The van der Waals surface area contributed by atoms with Crippen molar-refractivity contribution in [3.8, 4) is 11.5 Å². The number of fused-ring (bicyclic) bond motifs is 1. The number of nitrogens with one attached hydrogen (secondary N) is 1. The highest BCUT2D eigenvalue weighted by Gasteiger charge is 2.12. The van der Waals surface area contributed by atoms with Gasteiger partial charge in [0.25, 0.3) is 0 Å². The first kappa shape index (κ1) is 16.0. The second-order valence-electron chi connectivity index (χ2n) is 5.03. The maximum atomic E-state index is 12.0. The molecule has 1 heterocycles. The molecule has 1 N–H and O–H groups in total. The second kappa shape index (κ2) is 7.62. The quantitative estimate of drug-likeness (QED) is 0.886. The first-order valence-corrected chi connectivity index (χ1v) is 8.76. The Balaban J connectivity index is 1.49. The Bertz CT molecular complexity index is 708. The Hall–Kier alpha value is -1.85. The summed E-state index contributed by atoms with van der Waals surface area (Å²) >= 11 is 7.49. The van der Waals surface area contributed by atoms with E-state index in [1.54, 1.807) is 17.8 Å². The number of rotatable bonds is 5. The van der Waals surface area contributed by atoms with Crippen molar-refractivity contribution in [1.29, 1.82) is 0 Å². The fourth-order valence-electron chi connectivity index (χ4n) is 2.21. The van der Waals surface area contributed by atoms with Gasteiger partial charge in [-0.3, -0.25) is 4.79 Å². The normalized spacial score (nSPS) is 12.7. The van der Waals surface area contributed by atoms with Crippen LogP contribution in [-0.2, 0) is 10.5 Å². The molecule has 1 aliphatic rings. The molecule has 120 valence electrons. The van der Waals surface area contributed by atoms with Crippen LogP contribution in [-0.4, -0.2) is 24.9 Å². The van der Waals surface area contributed by atoms with Crippen LogP contribution in [0.15, 0.2) is 42.5 Å². The smallest absolute Gasteiger partial charge is 0.234 e. The number of carbonyl (C=O) groups excluding carboxylic acids is 1. The van der Waals surface area contributed by atoms with Gasteiger partial charge in [0.15, 0.2) is 11.5 Å². The molecule has 0 unspecified atom stereocenters. The van der Waals surface area contributed by atoms with Gasteiger partial charge in [-0.25, -0.2) is 0 Å². The molecule has 0 radical (unpaired) electrons. The summed E-state index contributed by atoms with van der Waals surface area (Å²) in [5, 5.41) is 3.58. The highest BCUT2D eigenvalue weighted by atomic mass is 35.5. The minimum absolute atomic E-state index is 0.0475. The van der Waals surface area contributed by atoms with E-state index in [9.17, 15) is 4.79 Å². The molecule has 0 bridgehead atoms. The Morgan fingerprint density at radius 3 is 2.78 bits per heavy atom. The maximum absolute atomic E-state index is 12.0. The van der Waals surface area contributed by atoms with Gasteiger partial charge in [-0.1, -0.05) is 23.7 Å². The molecule has 2 aromatic rings. The van der Waals surface area contributed by atoms with E-state index >= 15 is 0 Å². The molecule has 0 aliphatic carbocycles. The first-order valence-electron chi connectivity index (χ1n) is 7.22. The van der Waals surface area contributed by atoms with E-state index < -0.39 is 0 Å². The lowest BCUT2D eigenvalue weighted by molar-refractivity contribution is -0.113. The van der Waals surface area contributed by atoms with Crippen molar-refractivity contribution in [2.24, 2.45) is 0 Å². The molecule has 0 aromatic heterocycles. The van der Waals surface area contributed by atoms with E-state index in [1.807, 2.05) is 36.4 Å². The van der Waals surface area contributed by atoms with E-state index in [0.29, 0.717) is 41.2 Å². The summed E-state index contributed by atoms with van der Waals surface area (Å²) in [6.07, 6.45) is 0. The lowest BCUT2D eigenvalue weighted by Crippen LogP contribution is -2.17. The molecule has 4 nitrogen and oxygen atoms in total. The molecule has 23 heavy (non-hydrogen) atoms. The van der Waals surface area contributed by atoms with E-state index in [1.165, 1.54) is 0 Å². The third-order valence-electron chi connectivity index (χ3n) is 3.22. The van der Waals surface area contributed by atoms with Gasteiger partial charge in [0.05, 0.1) is 5.75 Å². The van der Waals surface area contributed by atoms with Crippen molar-refractivity contribution in [3.63, 3.8) is 0 Å². The number of hydrogen-bond acceptors (Lipinski definition) is 4. The highest BCUT2D eigenvalue weighted by molar-refractivity contribution is 7.99. The van der Waals surface area contributed by atoms with E-state index in [4.69, 9.17) is 21.1 Å². The van der Waals surface area contributed by atoms with E-state index in [2.05, 4.69) is 5.32 Å². The van der Waals surface area contributed by atoms with Gasteiger partial charge < -0.3 is 14.8 Å². The van der Waals surface area contributed by atoms with Crippen molar-refractivity contribution >= 4 is 35.0 Å². The average Bonchev–Trinajstić information content (AvgIpc) is 2.55. The zero-order valence-corrected chi connectivity index (χ0v) is 14.0. The summed E-state index contributed by atoms with van der Waals surface area (Å²) in [5.74, 6) is 2.45. The number of benzene rings is 2. The van der Waals surface area contributed by atoms with Gasteiger partial charge in [0.2, 0.25) is 5.91 Å². The Kier molecular flexibility index (Phi) is 5.31. The van der Waals surface area contributed by atoms with Gasteiger partial charge in [-0.05, 0) is 29.8 Å². The van der Waals surface area contributed by atoms with Crippen LogP contribution in [0.5, 0.6) is 11.5 Å². The number of hydrogen-bond donors (Lipinski definition) is 1. The topological polar surface area (TPSA) is 47.6 Å². The van der Waals surface area contributed by atoms with Gasteiger partial charge in [0, 0.05) is 22.5 Å². The van der Waals surface area contributed by atoms with Crippen molar-refractivity contribution < 1.29 is 14.3 Å². The maximum Gasteiger partial charge on any atom is 0.234 e. The molecule has 0 fully saturated rings. The Labute approximate surface area is 144 Å². The number of halogens is 1. The number of carbonyl (C=O) groups is 1. The summed E-state index contributed by atoms with van der Waals surface area (Å²) in [6.45, 7) is 1.08. The molecule has 1 amide bonds. The molecule has 0 spiro atoms. The third-order valence-corrected chi connectivity index (χ3v) is 4.46. The number of amides is 1. The molecule has 1 aliphatic heterocycles. The first-order chi connectivity index (χ1) is 11.2. The standard InChI is InChI=1S/C17H16ClNO3S/c18-13-3-1-2-12(8-13)10-23-11-17(20)19-14-4-5-15-16(9-14)22-7-6-21-15/h1-5,8-9H,6-7,10-11H2,(H,19,20). The van der Waals surface area contributed by atoms with Crippen LogP contribution in [0.1, 0.15) is 5.56 Å². The molecule has 3 rings (SSSR count). The van der Waals surface area contributed by atoms with Crippen molar-refractivity contribution in [3.05, 3.63) is 53.1 Å². The Morgan fingerprint density at radius 2 is 1.96 bits per heavy atom. The zero-order valence-electron chi connectivity index (χ0n) is 12.4. The highest BCUT2D eigenvalue weighted by Crippen LogP contribution is 2.32. The second-order valence-corrected chi connectivity index (χ2v) is 6.45. The van der Waals surface area contributed by atoms with Crippen molar-refractivity contribution in [2.75, 3.05) is 24.3 Å². The summed E-state index contributed by atoms with van der Waals surface area (Å²) in [6, 6.07) is 13.1. The van der Waals surface area contributed by atoms with Gasteiger partial charge in [0.1, 0.15) is 13.2 Å².